The number of hydrogen-bond donors (Lipinski definition) is 1. The number of carbonyl (C=O) groups is 1. The van der Waals surface area contributed by atoms with Gasteiger partial charge < -0.3 is 0 Å². The van der Waals surface area contributed by atoms with Gasteiger partial charge >= 0.3 is 0 Å². The van der Waals surface area contributed by atoms with E-state index >= 15 is 0 Å². The van der Waals surface area contributed by atoms with Gasteiger partial charge in [0.2, 0.25) is 0 Å². The molecule has 138 valence electrons. The average Bonchev–Trinajstić information content (AvgIpc) is 2.69. The van der Waals surface area contributed by atoms with E-state index in [1.54, 1.807) is 19.1 Å². The smallest absolute Gasteiger partial charge is 0.258 e. The number of hydrogen-bond acceptors (Lipinski definition) is 4. The molecule has 1 heterocycles. The first-order valence-electron chi connectivity index (χ1n) is 8.18. The van der Waals surface area contributed by atoms with Gasteiger partial charge in [-0.3, -0.25) is 4.79 Å². The maximum atomic E-state index is 14.5. The Morgan fingerprint density at radius 2 is 1.74 bits per heavy atom. The summed E-state index contributed by atoms with van der Waals surface area (Å²) in [5.41, 5.74) is 1.68. The van der Waals surface area contributed by atoms with Crippen LogP contribution in [0.15, 0.2) is 71.9 Å². The van der Waals surface area contributed by atoms with E-state index in [4.69, 9.17) is 0 Å². The molecule has 0 saturated heterocycles. The Balaban J connectivity index is 1.86. The first-order valence-corrected chi connectivity index (χ1v) is 9.66. The molecule has 0 bridgehead atoms. The van der Waals surface area contributed by atoms with Crippen molar-refractivity contribution in [3.63, 3.8) is 0 Å². The molecule has 3 aromatic rings. The summed E-state index contributed by atoms with van der Waals surface area (Å²) in [5, 5.41) is -0.201. The van der Waals surface area contributed by atoms with E-state index < -0.39 is 28.2 Å². The third kappa shape index (κ3) is 4.27. The van der Waals surface area contributed by atoms with Gasteiger partial charge in [-0.2, -0.15) is 0 Å². The fraction of sp³-hybridized carbons (Fsp3) is 0.100. The second-order valence-corrected chi connectivity index (χ2v) is 7.65. The van der Waals surface area contributed by atoms with E-state index in [1.807, 2.05) is 30.3 Å². The summed E-state index contributed by atoms with van der Waals surface area (Å²) in [6.45, 7) is 1.00. The normalized spacial score (nSPS) is 11.3. The zero-order valence-electron chi connectivity index (χ0n) is 14.5. The molecule has 3 rings (SSSR count). The predicted octanol–water partition coefficient (Wildman–Crippen LogP) is 3.36. The SMILES string of the molecule is Cc1cc(-c2ccccc2)cc(C(=O)CNS(=O)(=O)c2ccccn2)c1F. The molecule has 0 aliphatic heterocycles. The Kier molecular flexibility index (Phi) is 5.43. The van der Waals surface area contributed by atoms with Gasteiger partial charge in [-0.15, -0.1) is 0 Å². The van der Waals surface area contributed by atoms with Gasteiger partial charge in [0.05, 0.1) is 12.1 Å². The lowest BCUT2D eigenvalue weighted by atomic mass is 9.98. The van der Waals surface area contributed by atoms with Crippen molar-refractivity contribution in [3.05, 3.63) is 83.8 Å². The highest BCUT2D eigenvalue weighted by Crippen LogP contribution is 2.25. The van der Waals surface area contributed by atoms with E-state index in [9.17, 15) is 17.6 Å². The van der Waals surface area contributed by atoms with Crippen molar-refractivity contribution in [2.45, 2.75) is 11.9 Å². The molecule has 7 heteroatoms. The number of Topliss-reactive ketones (excluding diaryl/α,β-unsaturated/α-hetero) is 1. The Bertz CT molecular complexity index is 1070. The van der Waals surface area contributed by atoms with Crippen LogP contribution in [0.1, 0.15) is 15.9 Å². The lowest BCUT2D eigenvalue weighted by Crippen LogP contribution is -2.30. The van der Waals surface area contributed by atoms with Crippen LogP contribution in [0.25, 0.3) is 11.1 Å². The number of rotatable bonds is 6. The first-order chi connectivity index (χ1) is 12.9. The minimum Gasteiger partial charge on any atom is -0.293 e. The molecule has 0 spiro atoms. The highest BCUT2D eigenvalue weighted by Gasteiger charge is 2.20. The monoisotopic (exact) mass is 384 g/mol. The molecule has 0 amide bonds. The van der Waals surface area contributed by atoms with E-state index in [2.05, 4.69) is 9.71 Å². The molecule has 0 aliphatic carbocycles. The molecule has 0 unspecified atom stereocenters. The van der Waals surface area contributed by atoms with Crippen molar-refractivity contribution in [2.75, 3.05) is 6.54 Å². The number of nitrogens with zero attached hydrogens (tertiary/aromatic N) is 1. The van der Waals surface area contributed by atoms with Crippen LogP contribution in [-0.2, 0) is 10.0 Å². The van der Waals surface area contributed by atoms with Gasteiger partial charge in [0.15, 0.2) is 10.8 Å². The number of aromatic nitrogens is 1. The second kappa shape index (κ2) is 7.77. The van der Waals surface area contributed by atoms with Crippen molar-refractivity contribution in [3.8, 4) is 11.1 Å². The van der Waals surface area contributed by atoms with Crippen molar-refractivity contribution in [1.29, 1.82) is 0 Å². The number of pyridine rings is 1. The Labute approximate surface area is 156 Å². The van der Waals surface area contributed by atoms with Gasteiger partial charge in [0, 0.05) is 6.20 Å². The second-order valence-electron chi connectivity index (χ2n) is 5.94. The van der Waals surface area contributed by atoms with Crippen molar-refractivity contribution in [2.24, 2.45) is 0 Å². The van der Waals surface area contributed by atoms with Gasteiger partial charge in [-0.1, -0.05) is 36.4 Å². The molecule has 0 fully saturated rings. The molecular weight excluding hydrogens is 367 g/mol. The first kappa shape index (κ1) is 18.9. The molecule has 0 saturated carbocycles. The Morgan fingerprint density at radius 3 is 2.41 bits per heavy atom. The summed E-state index contributed by atoms with van der Waals surface area (Å²) >= 11 is 0. The molecular formula is C20H17FN2O3S. The van der Waals surface area contributed by atoms with Crippen molar-refractivity contribution < 1.29 is 17.6 Å². The van der Waals surface area contributed by atoms with Gasteiger partial charge in [0.25, 0.3) is 10.0 Å². The number of carbonyl (C=O) groups excluding carboxylic acids is 1. The van der Waals surface area contributed by atoms with Crippen molar-refractivity contribution >= 4 is 15.8 Å². The van der Waals surface area contributed by atoms with Crippen molar-refractivity contribution in [1.82, 2.24) is 9.71 Å². The van der Waals surface area contributed by atoms with E-state index in [1.165, 1.54) is 24.4 Å². The summed E-state index contributed by atoms with van der Waals surface area (Å²) in [4.78, 5) is 16.2. The van der Waals surface area contributed by atoms with Crippen LogP contribution < -0.4 is 4.72 Å². The third-order valence-corrected chi connectivity index (χ3v) is 5.31. The van der Waals surface area contributed by atoms with Gasteiger partial charge in [-0.25, -0.2) is 22.5 Å². The van der Waals surface area contributed by atoms with E-state index in [0.717, 1.165) is 5.56 Å². The van der Waals surface area contributed by atoms with Crippen LogP contribution in [0.4, 0.5) is 4.39 Å². The lowest BCUT2D eigenvalue weighted by molar-refractivity contribution is 0.0993. The fourth-order valence-electron chi connectivity index (χ4n) is 2.61. The summed E-state index contributed by atoms with van der Waals surface area (Å²) in [7, 11) is -3.95. The molecule has 5 nitrogen and oxygen atoms in total. The van der Waals surface area contributed by atoms with Gasteiger partial charge in [0.1, 0.15) is 5.82 Å². The molecule has 1 N–H and O–H groups in total. The number of sulfonamides is 1. The molecule has 2 aromatic carbocycles. The fourth-order valence-corrected chi connectivity index (χ4v) is 3.53. The Hall–Kier alpha value is -2.90. The molecule has 1 aromatic heterocycles. The summed E-state index contributed by atoms with van der Waals surface area (Å²) < 4.78 is 41.0. The molecule has 0 aliphatic rings. The number of benzene rings is 2. The van der Waals surface area contributed by atoms with E-state index in [-0.39, 0.29) is 10.6 Å². The largest absolute Gasteiger partial charge is 0.293 e. The van der Waals surface area contributed by atoms with Crippen LogP contribution in [0.2, 0.25) is 0 Å². The van der Waals surface area contributed by atoms with Gasteiger partial charge in [-0.05, 0) is 47.9 Å². The third-order valence-electron chi connectivity index (χ3n) is 4.00. The molecule has 0 radical (unpaired) electrons. The average molecular weight is 384 g/mol. The highest BCUT2D eigenvalue weighted by molar-refractivity contribution is 7.89. The summed E-state index contributed by atoms with van der Waals surface area (Å²) in [6, 6.07) is 16.8. The summed E-state index contributed by atoms with van der Waals surface area (Å²) in [6.07, 6.45) is 1.34. The van der Waals surface area contributed by atoms with Crippen LogP contribution >= 0.6 is 0 Å². The van der Waals surface area contributed by atoms with Crippen LogP contribution in [0, 0.1) is 12.7 Å². The van der Waals surface area contributed by atoms with Crippen LogP contribution in [-0.4, -0.2) is 25.7 Å². The predicted molar refractivity (Wildman–Crippen MR) is 100 cm³/mol. The maximum absolute atomic E-state index is 14.5. The molecule has 0 atom stereocenters. The Morgan fingerprint density at radius 1 is 1.04 bits per heavy atom. The highest BCUT2D eigenvalue weighted by atomic mass is 32.2. The van der Waals surface area contributed by atoms with E-state index in [0.29, 0.717) is 11.1 Å². The zero-order valence-corrected chi connectivity index (χ0v) is 15.3. The number of aryl methyl sites for hydroxylation is 1. The number of halogens is 1. The minimum atomic E-state index is -3.95. The van der Waals surface area contributed by atoms with Crippen LogP contribution in [0.5, 0.6) is 0 Å². The molecule has 27 heavy (non-hydrogen) atoms. The lowest BCUT2D eigenvalue weighted by Gasteiger charge is -2.10. The summed E-state index contributed by atoms with van der Waals surface area (Å²) in [5.74, 6) is -1.32. The minimum absolute atomic E-state index is 0.155. The quantitative estimate of drug-likeness (QED) is 0.661. The standard InChI is InChI=1S/C20H17FN2O3S/c1-14-11-16(15-7-3-2-4-8-15)12-17(20(14)21)18(24)13-23-27(25,26)19-9-5-6-10-22-19/h2-12,23H,13H2,1H3. The zero-order chi connectivity index (χ0) is 19.4. The maximum Gasteiger partial charge on any atom is 0.258 e. The topological polar surface area (TPSA) is 76.1 Å². The number of nitrogens with one attached hydrogen (secondary N) is 1. The number of ketones is 1. The van der Waals surface area contributed by atoms with Crippen LogP contribution in [0.3, 0.4) is 0 Å².